The van der Waals surface area contributed by atoms with Crippen LogP contribution < -0.4 is 0 Å². The monoisotopic (exact) mass is 299 g/mol. The third-order valence-corrected chi connectivity index (χ3v) is 2.73. The Labute approximate surface area is 129 Å². The normalized spacial score (nSPS) is 13.0. The van der Waals surface area contributed by atoms with Gasteiger partial charge >= 0.3 is 0 Å². The molecule has 0 fully saturated rings. The van der Waals surface area contributed by atoms with Gasteiger partial charge in [0.1, 0.15) is 11.6 Å². The molecule has 0 atom stereocenters. The summed E-state index contributed by atoms with van der Waals surface area (Å²) in [6, 6.07) is 5.43. The maximum atomic E-state index is 12.8. The number of halogens is 1. The van der Waals surface area contributed by atoms with Crippen molar-refractivity contribution in [1.29, 1.82) is 0 Å². The van der Waals surface area contributed by atoms with Crippen molar-refractivity contribution in [1.82, 2.24) is 0 Å². The maximum absolute atomic E-state index is 12.8. The molecule has 3 nitrogen and oxygen atoms in total. The van der Waals surface area contributed by atoms with Crippen LogP contribution in [0.5, 0.6) is 0 Å². The number of benzene rings is 1. The van der Waals surface area contributed by atoms with E-state index < -0.39 is 0 Å². The molecule has 0 radical (unpaired) electrons. The minimum atomic E-state index is -0.370. The standard InChI is InChI=1S/C18H18FNO2/c1-3-5-17(21)13-12-16(20-2)6-4-7-18(22)14-8-10-15(19)11-9-14/h3-6,8-13,21H,1,7H2,2H3/b6-4-,13-12+,17-5-,20-16?. The van der Waals surface area contributed by atoms with E-state index >= 15 is 0 Å². The predicted molar refractivity (Wildman–Crippen MR) is 87.9 cm³/mol. The highest BCUT2D eigenvalue weighted by atomic mass is 19.1. The van der Waals surface area contributed by atoms with Crippen molar-refractivity contribution in [3.8, 4) is 0 Å². The van der Waals surface area contributed by atoms with E-state index in [1.165, 1.54) is 42.5 Å². The molecule has 0 aromatic heterocycles. The Hall–Kier alpha value is -2.75. The quantitative estimate of drug-likeness (QED) is 0.355. The van der Waals surface area contributed by atoms with Gasteiger partial charge in [0.2, 0.25) is 0 Å². The first-order valence-electron chi connectivity index (χ1n) is 6.68. The summed E-state index contributed by atoms with van der Waals surface area (Å²) in [7, 11) is 1.61. The summed E-state index contributed by atoms with van der Waals surface area (Å²) in [6.07, 6.45) is 9.56. The van der Waals surface area contributed by atoms with Gasteiger partial charge in [0.05, 0.1) is 5.71 Å². The fourth-order valence-electron chi connectivity index (χ4n) is 1.59. The second-order valence-electron chi connectivity index (χ2n) is 4.35. The number of hydrogen-bond donors (Lipinski definition) is 1. The Bertz CT molecular complexity index is 638. The summed E-state index contributed by atoms with van der Waals surface area (Å²) >= 11 is 0. The largest absolute Gasteiger partial charge is 0.508 e. The first-order valence-corrected chi connectivity index (χ1v) is 6.68. The molecule has 0 aliphatic heterocycles. The average molecular weight is 299 g/mol. The predicted octanol–water partition coefficient (Wildman–Crippen LogP) is 4.21. The van der Waals surface area contributed by atoms with Crippen molar-refractivity contribution in [3.05, 3.63) is 84.4 Å². The van der Waals surface area contributed by atoms with E-state index in [0.29, 0.717) is 11.3 Å². The fraction of sp³-hybridized carbons (Fsp3) is 0.111. The van der Waals surface area contributed by atoms with E-state index in [4.69, 9.17) is 0 Å². The molecular formula is C18H18FNO2. The van der Waals surface area contributed by atoms with Crippen molar-refractivity contribution < 1.29 is 14.3 Å². The number of hydrogen-bond acceptors (Lipinski definition) is 3. The topological polar surface area (TPSA) is 49.7 Å². The molecule has 1 N–H and O–H groups in total. The molecular weight excluding hydrogens is 281 g/mol. The van der Waals surface area contributed by atoms with Crippen LogP contribution in [0.25, 0.3) is 0 Å². The van der Waals surface area contributed by atoms with Gasteiger partial charge < -0.3 is 5.11 Å². The second-order valence-corrected chi connectivity index (χ2v) is 4.35. The maximum Gasteiger partial charge on any atom is 0.166 e. The van der Waals surface area contributed by atoms with E-state index in [1.54, 1.807) is 25.3 Å². The molecule has 1 rings (SSSR count). The molecule has 0 aliphatic rings. The van der Waals surface area contributed by atoms with E-state index in [2.05, 4.69) is 11.6 Å². The van der Waals surface area contributed by atoms with Crippen molar-refractivity contribution in [3.63, 3.8) is 0 Å². The van der Waals surface area contributed by atoms with Gasteiger partial charge in [-0.2, -0.15) is 0 Å². The Morgan fingerprint density at radius 1 is 1.27 bits per heavy atom. The Morgan fingerprint density at radius 3 is 2.55 bits per heavy atom. The highest BCUT2D eigenvalue weighted by Crippen LogP contribution is 2.06. The zero-order chi connectivity index (χ0) is 16.4. The molecule has 0 amide bonds. The van der Waals surface area contributed by atoms with E-state index in [9.17, 15) is 14.3 Å². The summed E-state index contributed by atoms with van der Waals surface area (Å²) < 4.78 is 12.8. The van der Waals surface area contributed by atoms with Crippen LogP contribution in [0.15, 0.2) is 78.1 Å². The van der Waals surface area contributed by atoms with Crippen LogP contribution in [0.3, 0.4) is 0 Å². The lowest BCUT2D eigenvalue weighted by molar-refractivity contribution is 0.0996. The Balaban J connectivity index is 2.63. The van der Waals surface area contributed by atoms with Gasteiger partial charge in [-0.05, 0) is 48.6 Å². The fourth-order valence-corrected chi connectivity index (χ4v) is 1.59. The SMILES string of the molecule is C=C/C=C(O)/C=C/C(/C=C\CC(=O)c1ccc(F)cc1)=NC. The van der Waals surface area contributed by atoms with E-state index in [-0.39, 0.29) is 23.8 Å². The number of Topliss-reactive ketones (excluding diaryl/α,β-unsaturated/α-hetero) is 1. The summed E-state index contributed by atoms with van der Waals surface area (Å²) in [6.45, 7) is 3.48. The van der Waals surface area contributed by atoms with Gasteiger partial charge in [-0.25, -0.2) is 4.39 Å². The summed E-state index contributed by atoms with van der Waals surface area (Å²) in [4.78, 5) is 15.9. The number of aliphatic imine (C=N–C) groups is 1. The number of aliphatic hydroxyl groups is 1. The van der Waals surface area contributed by atoms with Crippen LogP contribution >= 0.6 is 0 Å². The zero-order valence-corrected chi connectivity index (χ0v) is 12.4. The summed E-state index contributed by atoms with van der Waals surface area (Å²) in [5.41, 5.74) is 1.07. The lowest BCUT2D eigenvalue weighted by atomic mass is 10.1. The molecule has 114 valence electrons. The number of aliphatic hydroxyl groups excluding tert-OH is 1. The molecule has 0 heterocycles. The molecule has 0 unspecified atom stereocenters. The molecule has 0 aliphatic carbocycles. The third kappa shape index (κ3) is 6.13. The molecule has 0 bridgehead atoms. The first kappa shape index (κ1) is 17.3. The average Bonchev–Trinajstić information content (AvgIpc) is 2.51. The van der Waals surface area contributed by atoms with Crippen LogP contribution in [0.1, 0.15) is 16.8 Å². The van der Waals surface area contributed by atoms with Crippen molar-refractivity contribution >= 4 is 11.5 Å². The third-order valence-electron chi connectivity index (χ3n) is 2.73. The molecule has 0 saturated carbocycles. The molecule has 0 spiro atoms. The molecule has 1 aromatic rings. The molecule has 22 heavy (non-hydrogen) atoms. The minimum Gasteiger partial charge on any atom is -0.508 e. The number of nitrogens with zero attached hydrogens (tertiary/aromatic N) is 1. The van der Waals surface area contributed by atoms with E-state index in [1.807, 2.05) is 0 Å². The van der Waals surface area contributed by atoms with Gasteiger partial charge in [-0.1, -0.05) is 18.7 Å². The second kappa shape index (κ2) is 9.23. The van der Waals surface area contributed by atoms with Crippen LogP contribution in [-0.4, -0.2) is 23.6 Å². The van der Waals surface area contributed by atoms with Gasteiger partial charge in [0, 0.05) is 19.0 Å². The zero-order valence-electron chi connectivity index (χ0n) is 12.4. The minimum absolute atomic E-state index is 0.0620. The van der Waals surface area contributed by atoms with Crippen molar-refractivity contribution in [2.24, 2.45) is 4.99 Å². The number of allylic oxidation sites excluding steroid dienone is 6. The van der Waals surface area contributed by atoms with Crippen LogP contribution in [0, 0.1) is 5.82 Å². The van der Waals surface area contributed by atoms with Crippen LogP contribution in [-0.2, 0) is 0 Å². The van der Waals surface area contributed by atoms with Crippen LogP contribution in [0.2, 0.25) is 0 Å². The highest BCUT2D eigenvalue weighted by molar-refractivity contribution is 6.05. The van der Waals surface area contributed by atoms with Crippen molar-refractivity contribution in [2.75, 3.05) is 7.05 Å². The number of ketones is 1. The lowest BCUT2D eigenvalue weighted by Crippen LogP contribution is -1.97. The highest BCUT2D eigenvalue weighted by Gasteiger charge is 2.03. The smallest absolute Gasteiger partial charge is 0.166 e. The summed E-state index contributed by atoms with van der Waals surface area (Å²) in [5, 5.41) is 9.42. The van der Waals surface area contributed by atoms with Gasteiger partial charge in [0.25, 0.3) is 0 Å². The van der Waals surface area contributed by atoms with E-state index in [0.717, 1.165) is 0 Å². The van der Waals surface area contributed by atoms with Crippen LogP contribution in [0.4, 0.5) is 4.39 Å². The first-order chi connectivity index (χ1) is 10.6. The lowest BCUT2D eigenvalue weighted by Gasteiger charge is -1.97. The number of carbonyl (C=O) groups excluding carboxylic acids is 1. The summed E-state index contributed by atoms with van der Waals surface area (Å²) in [5.74, 6) is -0.415. The van der Waals surface area contributed by atoms with Gasteiger partial charge in [-0.15, -0.1) is 0 Å². The Kier molecular flexibility index (Phi) is 7.26. The Morgan fingerprint density at radius 2 is 1.95 bits per heavy atom. The van der Waals surface area contributed by atoms with Crippen molar-refractivity contribution in [2.45, 2.75) is 6.42 Å². The number of rotatable bonds is 7. The van der Waals surface area contributed by atoms with Gasteiger partial charge in [0.15, 0.2) is 5.78 Å². The number of carbonyl (C=O) groups is 1. The molecule has 1 aromatic carbocycles. The van der Waals surface area contributed by atoms with Gasteiger partial charge in [-0.3, -0.25) is 9.79 Å². The molecule has 4 heteroatoms. The molecule has 0 saturated heterocycles.